The first-order valence-electron chi connectivity index (χ1n) is 5.44. The van der Waals surface area contributed by atoms with Gasteiger partial charge in [-0.25, -0.2) is 0 Å². The minimum atomic E-state index is -0.559. The molecule has 2 aromatic heterocycles. The van der Waals surface area contributed by atoms with E-state index in [0.29, 0.717) is 31.3 Å². The zero-order chi connectivity index (χ0) is 11.9. The smallest absolute Gasteiger partial charge is 0.241 e. The molecule has 90 valence electrons. The van der Waals surface area contributed by atoms with Gasteiger partial charge in [-0.1, -0.05) is 11.2 Å². The van der Waals surface area contributed by atoms with Crippen molar-refractivity contribution in [3.63, 3.8) is 0 Å². The zero-order valence-electron chi connectivity index (χ0n) is 9.46. The summed E-state index contributed by atoms with van der Waals surface area (Å²) < 4.78 is 5.19. The van der Waals surface area contributed by atoms with Crippen molar-refractivity contribution in [3.05, 3.63) is 23.4 Å². The summed E-state index contributed by atoms with van der Waals surface area (Å²) in [6.07, 6.45) is 0. The van der Waals surface area contributed by atoms with Gasteiger partial charge in [-0.3, -0.25) is 4.90 Å². The fraction of sp³-hybridized carbons (Fsp3) is 0.455. The number of β-amino-alcohol motifs (C(OH)–C–C–N with tert-alkyl or cyclic N) is 1. The minimum Gasteiger partial charge on any atom is -0.388 e. The lowest BCUT2D eigenvalue weighted by molar-refractivity contribution is -0.0901. The maximum atomic E-state index is 9.61. The molecule has 1 saturated heterocycles. The molecule has 0 radical (unpaired) electrons. The molecule has 17 heavy (non-hydrogen) atoms. The molecule has 1 aliphatic heterocycles. The molecule has 1 aliphatic rings. The molecule has 1 N–H and O–H groups in total. The van der Waals surface area contributed by atoms with Gasteiger partial charge in [-0.05, 0) is 18.4 Å². The Kier molecular flexibility index (Phi) is 2.50. The van der Waals surface area contributed by atoms with Crippen LogP contribution in [-0.4, -0.2) is 38.8 Å². The van der Waals surface area contributed by atoms with Crippen molar-refractivity contribution in [2.45, 2.75) is 19.1 Å². The number of hydrogen-bond donors (Lipinski definition) is 1. The highest BCUT2D eigenvalue weighted by atomic mass is 32.1. The SMILES string of the molecule is CC1(O)CN(Cc2nc(-c3cccs3)no2)C1. The van der Waals surface area contributed by atoms with Crippen molar-refractivity contribution < 1.29 is 9.63 Å². The average molecular weight is 251 g/mol. The van der Waals surface area contributed by atoms with Crippen LogP contribution in [0.25, 0.3) is 10.7 Å². The molecule has 0 unspecified atom stereocenters. The van der Waals surface area contributed by atoms with E-state index in [2.05, 4.69) is 15.0 Å². The van der Waals surface area contributed by atoms with Gasteiger partial charge in [-0.2, -0.15) is 4.98 Å². The maximum Gasteiger partial charge on any atom is 0.241 e. The molecule has 0 saturated carbocycles. The molecule has 0 spiro atoms. The molecule has 5 nitrogen and oxygen atoms in total. The lowest BCUT2D eigenvalue weighted by Crippen LogP contribution is -2.59. The van der Waals surface area contributed by atoms with Crippen molar-refractivity contribution in [2.75, 3.05) is 13.1 Å². The summed E-state index contributed by atoms with van der Waals surface area (Å²) in [6, 6.07) is 3.93. The van der Waals surface area contributed by atoms with Crippen LogP contribution in [0.4, 0.5) is 0 Å². The molecule has 0 amide bonds. The minimum absolute atomic E-state index is 0.559. The summed E-state index contributed by atoms with van der Waals surface area (Å²) in [4.78, 5) is 7.42. The summed E-state index contributed by atoms with van der Waals surface area (Å²) in [7, 11) is 0. The van der Waals surface area contributed by atoms with E-state index < -0.39 is 5.60 Å². The molecule has 0 aromatic carbocycles. The Bertz CT molecular complexity index is 499. The first-order chi connectivity index (χ1) is 8.12. The second kappa shape index (κ2) is 3.90. The summed E-state index contributed by atoms with van der Waals surface area (Å²) in [5.74, 6) is 1.24. The molecule has 0 aliphatic carbocycles. The topological polar surface area (TPSA) is 62.4 Å². The molecule has 0 bridgehead atoms. The van der Waals surface area contributed by atoms with Gasteiger partial charge in [0.2, 0.25) is 11.7 Å². The molecule has 2 aromatic rings. The van der Waals surface area contributed by atoms with E-state index in [9.17, 15) is 5.11 Å². The van der Waals surface area contributed by atoms with E-state index in [-0.39, 0.29) is 0 Å². The van der Waals surface area contributed by atoms with Gasteiger partial charge >= 0.3 is 0 Å². The highest BCUT2D eigenvalue weighted by Crippen LogP contribution is 2.24. The van der Waals surface area contributed by atoms with Crippen LogP contribution in [-0.2, 0) is 6.54 Å². The Balaban J connectivity index is 1.66. The van der Waals surface area contributed by atoms with Crippen molar-refractivity contribution >= 4 is 11.3 Å². The molecule has 6 heteroatoms. The van der Waals surface area contributed by atoms with Crippen LogP contribution < -0.4 is 0 Å². The first-order valence-corrected chi connectivity index (χ1v) is 6.32. The van der Waals surface area contributed by atoms with Crippen LogP contribution in [0, 0.1) is 0 Å². The Morgan fingerprint density at radius 2 is 2.41 bits per heavy atom. The van der Waals surface area contributed by atoms with Crippen molar-refractivity contribution in [3.8, 4) is 10.7 Å². The largest absolute Gasteiger partial charge is 0.388 e. The number of aromatic nitrogens is 2. The summed E-state index contributed by atoms with van der Waals surface area (Å²) in [5.41, 5.74) is -0.559. The van der Waals surface area contributed by atoms with Crippen LogP contribution in [0.3, 0.4) is 0 Å². The van der Waals surface area contributed by atoms with Gasteiger partial charge in [0, 0.05) is 13.1 Å². The Morgan fingerprint density at radius 3 is 3.06 bits per heavy atom. The zero-order valence-corrected chi connectivity index (χ0v) is 10.3. The van der Waals surface area contributed by atoms with E-state index in [1.54, 1.807) is 11.3 Å². The maximum absolute atomic E-state index is 9.61. The third kappa shape index (κ3) is 2.24. The van der Waals surface area contributed by atoms with Crippen LogP contribution in [0.1, 0.15) is 12.8 Å². The number of nitrogens with zero attached hydrogens (tertiary/aromatic N) is 3. The van der Waals surface area contributed by atoms with Gasteiger partial charge in [0.25, 0.3) is 0 Å². The van der Waals surface area contributed by atoms with E-state index in [4.69, 9.17) is 4.52 Å². The second-order valence-corrected chi connectivity index (χ2v) is 5.58. The summed E-state index contributed by atoms with van der Waals surface area (Å²) in [5, 5.41) is 15.5. The third-order valence-corrected chi connectivity index (χ3v) is 3.56. The lowest BCUT2D eigenvalue weighted by atomic mass is 9.97. The fourth-order valence-corrected chi connectivity index (χ4v) is 2.69. The second-order valence-electron chi connectivity index (χ2n) is 4.63. The predicted octanol–water partition coefficient (Wildman–Crippen LogP) is 1.36. The highest BCUT2D eigenvalue weighted by Gasteiger charge is 2.37. The quantitative estimate of drug-likeness (QED) is 0.892. The van der Waals surface area contributed by atoms with E-state index in [1.807, 2.05) is 24.4 Å². The Morgan fingerprint density at radius 1 is 1.59 bits per heavy atom. The number of rotatable bonds is 3. The molecular formula is C11H13N3O2S. The van der Waals surface area contributed by atoms with Crippen LogP contribution >= 0.6 is 11.3 Å². The molecule has 0 atom stereocenters. The monoisotopic (exact) mass is 251 g/mol. The molecule has 3 rings (SSSR count). The van der Waals surface area contributed by atoms with Gasteiger partial charge in [-0.15, -0.1) is 11.3 Å². The Labute approximate surface area is 103 Å². The molecule has 3 heterocycles. The van der Waals surface area contributed by atoms with Gasteiger partial charge in [0.15, 0.2) is 0 Å². The number of aliphatic hydroxyl groups is 1. The predicted molar refractivity (Wildman–Crippen MR) is 63.5 cm³/mol. The fourth-order valence-electron chi connectivity index (χ4n) is 2.05. The Hall–Kier alpha value is -1.24. The summed E-state index contributed by atoms with van der Waals surface area (Å²) in [6.45, 7) is 3.75. The van der Waals surface area contributed by atoms with E-state index in [1.165, 1.54) is 0 Å². The molecular weight excluding hydrogens is 238 g/mol. The first kappa shape index (κ1) is 10.9. The van der Waals surface area contributed by atoms with Gasteiger partial charge in [0.05, 0.1) is 17.0 Å². The van der Waals surface area contributed by atoms with E-state index in [0.717, 1.165) is 4.88 Å². The summed E-state index contributed by atoms with van der Waals surface area (Å²) >= 11 is 1.59. The standard InChI is InChI=1S/C11H13N3O2S/c1-11(15)6-14(7-11)5-9-12-10(13-16-9)8-3-2-4-17-8/h2-4,15H,5-7H2,1H3. The average Bonchev–Trinajstić information content (AvgIpc) is 2.82. The van der Waals surface area contributed by atoms with Crippen molar-refractivity contribution in [1.29, 1.82) is 0 Å². The number of likely N-dealkylation sites (tertiary alicyclic amines) is 1. The van der Waals surface area contributed by atoms with Gasteiger partial charge in [0.1, 0.15) is 0 Å². The number of thiophene rings is 1. The lowest BCUT2D eigenvalue weighted by Gasteiger charge is -2.43. The van der Waals surface area contributed by atoms with Gasteiger partial charge < -0.3 is 9.63 Å². The van der Waals surface area contributed by atoms with Crippen molar-refractivity contribution in [1.82, 2.24) is 15.0 Å². The molecule has 1 fully saturated rings. The van der Waals surface area contributed by atoms with Crippen LogP contribution in [0.15, 0.2) is 22.0 Å². The van der Waals surface area contributed by atoms with Crippen LogP contribution in [0.5, 0.6) is 0 Å². The number of hydrogen-bond acceptors (Lipinski definition) is 6. The third-order valence-electron chi connectivity index (χ3n) is 2.70. The van der Waals surface area contributed by atoms with Crippen LogP contribution in [0.2, 0.25) is 0 Å². The van der Waals surface area contributed by atoms with Crippen molar-refractivity contribution in [2.24, 2.45) is 0 Å². The van der Waals surface area contributed by atoms with E-state index >= 15 is 0 Å². The highest BCUT2D eigenvalue weighted by molar-refractivity contribution is 7.13. The normalized spacial score (nSPS) is 19.2.